The van der Waals surface area contributed by atoms with E-state index in [2.05, 4.69) is 23.8 Å². The molecule has 2 rings (SSSR count). The van der Waals surface area contributed by atoms with Crippen LogP contribution in [0.1, 0.15) is 49.5 Å². The zero-order valence-corrected chi connectivity index (χ0v) is 11.6. The van der Waals surface area contributed by atoms with Crippen LogP contribution in [-0.2, 0) is 12.8 Å². The molecule has 0 saturated carbocycles. The van der Waals surface area contributed by atoms with E-state index in [1.807, 2.05) is 0 Å². The summed E-state index contributed by atoms with van der Waals surface area (Å²) in [5, 5.41) is 2.52. The van der Waals surface area contributed by atoms with Crippen LogP contribution in [-0.4, -0.2) is 9.97 Å². The number of aromatic nitrogens is 2. The molecule has 0 aliphatic carbocycles. The fourth-order valence-corrected chi connectivity index (χ4v) is 3.75. The lowest BCUT2D eigenvalue weighted by atomic mass is 10.3. The number of hydrogen-bond donors (Lipinski definition) is 0. The van der Waals surface area contributed by atoms with Gasteiger partial charge in [0.2, 0.25) is 0 Å². The third-order valence-corrected chi connectivity index (χ3v) is 4.70. The second-order valence-corrected chi connectivity index (χ2v) is 6.16. The highest BCUT2D eigenvalue weighted by Gasteiger charge is 2.09. The molecular formula is C12H18N2S2. The molecule has 2 nitrogen and oxygen atoms in total. The van der Waals surface area contributed by atoms with Gasteiger partial charge in [0.25, 0.3) is 0 Å². The molecule has 0 aliphatic heterocycles. The van der Waals surface area contributed by atoms with Crippen molar-refractivity contribution in [1.29, 1.82) is 0 Å². The highest BCUT2D eigenvalue weighted by Crippen LogP contribution is 2.28. The lowest BCUT2D eigenvalue weighted by Gasteiger charge is -1.92. The van der Waals surface area contributed by atoms with Crippen molar-refractivity contribution in [3.05, 3.63) is 10.0 Å². The van der Waals surface area contributed by atoms with Crippen molar-refractivity contribution < 1.29 is 0 Å². The number of hydrogen-bond acceptors (Lipinski definition) is 4. The van der Waals surface area contributed by atoms with Crippen LogP contribution < -0.4 is 0 Å². The van der Waals surface area contributed by atoms with Gasteiger partial charge in [-0.1, -0.05) is 49.4 Å². The molecule has 0 aliphatic rings. The molecular weight excluding hydrogens is 236 g/mol. The van der Waals surface area contributed by atoms with Crippen molar-refractivity contribution in [3.63, 3.8) is 0 Å². The lowest BCUT2D eigenvalue weighted by molar-refractivity contribution is 0.791. The van der Waals surface area contributed by atoms with Gasteiger partial charge < -0.3 is 0 Å². The summed E-state index contributed by atoms with van der Waals surface area (Å²) in [5.41, 5.74) is 0. The van der Waals surface area contributed by atoms with E-state index < -0.39 is 0 Å². The smallest absolute Gasteiger partial charge is 0.155 e. The van der Waals surface area contributed by atoms with Crippen LogP contribution in [0.4, 0.5) is 0 Å². The number of unbranched alkanes of at least 4 members (excludes halogenated alkanes) is 2. The molecule has 16 heavy (non-hydrogen) atoms. The van der Waals surface area contributed by atoms with Gasteiger partial charge in [0.15, 0.2) is 9.66 Å². The van der Waals surface area contributed by atoms with E-state index in [-0.39, 0.29) is 0 Å². The summed E-state index contributed by atoms with van der Waals surface area (Å²) in [4.78, 5) is 11.6. The van der Waals surface area contributed by atoms with Gasteiger partial charge in [-0.3, -0.25) is 0 Å². The standard InChI is InChI=1S/C12H18N2S2/c1-3-5-7-9-13-11-12(15-9)14-10(16-11)8-6-4-2/h3-8H2,1-2H3. The number of rotatable bonds is 6. The Morgan fingerprint density at radius 1 is 0.812 bits per heavy atom. The third kappa shape index (κ3) is 2.80. The third-order valence-electron chi connectivity index (χ3n) is 2.55. The Labute approximate surface area is 105 Å². The topological polar surface area (TPSA) is 25.8 Å². The molecule has 2 heterocycles. The molecule has 0 spiro atoms. The Morgan fingerprint density at radius 3 is 1.62 bits per heavy atom. The lowest BCUT2D eigenvalue weighted by Crippen LogP contribution is -1.82. The largest absolute Gasteiger partial charge is 0.228 e. The van der Waals surface area contributed by atoms with Crippen LogP contribution in [0.15, 0.2) is 0 Å². The highest BCUT2D eigenvalue weighted by atomic mass is 32.1. The molecule has 0 radical (unpaired) electrons. The molecule has 0 N–H and O–H groups in total. The van der Waals surface area contributed by atoms with Gasteiger partial charge in [-0.25, -0.2) is 9.97 Å². The van der Waals surface area contributed by atoms with Crippen LogP contribution in [0.2, 0.25) is 0 Å². The maximum absolute atomic E-state index is 4.65. The summed E-state index contributed by atoms with van der Waals surface area (Å²) in [6, 6.07) is 0. The molecule has 88 valence electrons. The predicted molar refractivity (Wildman–Crippen MR) is 72.5 cm³/mol. The summed E-state index contributed by atoms with van der Waals surface area (Å²) in [6.07, 6.45) is 7.20. The van der Waals surface area contributed by atoms with Crippen molar-refractivity contribution in [2.24, 2.45) is 0 Å². The maximum Gasteiger partial charge on any atom is 0.155 e. The van der Waals surface area contributed by atoms with E-state index in [0.717, 1.165) is 22.5 Å². The zero-order valence-electron chi connectivity index (χ0n) is 9.95. The average Bonchev–Trinajstić information content (AvgIpc) is 2.80. The Bertz CT molecular complexity index is 376. The minimum Gasteiger partial charge on any atom is -0.228 e. The van der Waals surface area contributed by atoms with E-state index in [4.69, 9.17) is 0 Å². The van der Waals surface area contributed by atoms with Gasteiger partial charge >= 0.3 is 0 Å². The first-order valence-corrected chi connectivity index (χ1v) is 7.72. The van der Waals surface area contributed by atoms with Crippen molar-refractivity contribution in [1.82, 2.24) is 9.97 Å². The number of aryl methyl sites for hydroxylation is 2. The number of thiazole rings is 2. The zero-order chi connectivity index (χ0) is 11.4. The second-order valence-electron chi connectivity index (χ2n) is 4.03. The Balaban J connectivity index is 2.07. The number of fused-ring (bicyclic) bond motifs is 1. The van der Waals surface area contributed by atoms with Gasteiger partial charge in [-0.2, -0.15) is 0 Å². The highest BCUT2D eigenvalue weighted by molar-refractivity contribution is 7.26. The maximum atomic E-state index is 4.65. The van der Waals surface area contributed by atoms with Crippen molar-refractivity contribution in [2.45, 2.75) is 52.4 Å². The van der Waals surface area contributed by atoms with Crippen molar-refractivity contribution in [3.8, 4) is 0 Å². The Hall–Kier alpha value is -0.480. The molecule has 0 bridgehead atoms. The van der Waals surface area contributed by atoms with Crippen molar-refractivity contribution in [2.75, 3.05) is 0 Å². The molecule has 0 aromatic carbocycles. The van der Waals surface area contributed by atoms with Crippen LogP contribution in [0.25, 0.3) is 9.66 Å². The average molecular weight is 254 g/mol. The SMILES string of the molecule is CCCCc1nc2sc(CCCC)nc2s1. The molecule has 0 fully saturated rings. The quantitative estimate of drug-likeness (QED) is 0.761. The van der Waals surface area contributed by atoms with Crippen LogP contribution >= 0.6 is 22.7 Å². The molecule has 0 atom stereocenters. The van der Waals surface area contributed by atoms with Gasteiger partial charge in [-0.05, 0) is 25.7 Å². The fraction of sp³-hybridized carbons (Fsp3) is 0.667. The van der Waals surface area contributed by atoms with E-state index in [1.165, 1.54) is 35.7 Å². The minimum absolute atomic E-state index is 1.12. The molecule has 0 unspecified atom stereocenters. The summed E-state index contributed by atoms with van der Waals surface area (Å²) in [5.74, 6) is 0. The Kier molecular flexibility index (Phi) is 4.29. The summed E-state index contributed by atoms with van der Waals surface area (Å²) < 4.78 is 0. The second kappa shape index (κ2) is 5.73. The molecule has 2 aromatic rings. The number of nitrogens with zero attached hydrogens (tertiary/aromatic N) is 2. The van der Waals surface area contributed by atoms with Crippen LogP contribution in [0, 0.1) is 0 Å². The molecule has 0 saturated heterocycles. The predicted octanol–water partition coefficient (Wildman–Crippen LogP) is 4.44. The van der Waals surface area contributed by atoms with Gasteiger partial charge in [0.1, 0.15) is 0 Å². The summed E-state index contributed by atoms with van der Waals surface area (Å²) in [6.45, 7) is 4.44. The van der Waals surface area contributed by atoms with Crippen LogP contribution in [0.5, 0.6) is 0 Å². The van der Waals surface area contributed by atoms with Gasteiger partial charge in [0.05, 0.1) is 10.0 Å². The molecule has 2 aromatic heterocycles. The van der Waals surface area contributed by atoms with E-state index in [0.29, 0.717) is 0 Å². The first kappa shape index (κ1) is 12.0. The van der Waals surface area contributed by atoms with E-state index in [1.54, 1.807) is 22.7 Å². The first-order chi connectivity index (χ1) is 7.83. The summed E-state index contributed by atoms with van der Waals surface area (Å²) in [7, 11) is 0. The van der Waals surface area contributed by atoms with Crippen LogP contribution in [0.3, 0.4) is 0 Å². The molecule has 0 amide bonds. The summed E-state index contributed by atoms with van der Waals surface area (Å²) >= 11 is 3.56. The first-order valence-electron chi connectivity index (χ1n) is 6.08. The monoisotopic (exact) mass is 254 g/mol. The fourth-order valence-electron chi connectivity index (χ4n) is 1.59. The van der Waals surface area contributed by atoms with Crippen molar-refractivity contribution >= 4 is 32.3 Å². The van der Waals surface area contributed by atoms with E-state index in [9.17, 15) is 0 Å². The van der Waals surface area contributed by atoms with E-state index >= 15 is 0 Å². The molecule has 4 heteroatoms. The van der Waals surface area contributed by atoms with Gasteiger partial charge in [-0.15, -0.1) is 0 Å². The van der Waals surface area contributed by atoms with Gasteiger partial charge in [0, 0.05) is 0 Å². The normalized spacial score (nSPS) is 11.4. The Morgan fingerprint density at radius 2 is 1.25 bits per heavy atom. The minimum atomic E-state index is 1.12.